The molecular weight excluding hydrogens is 234 g/mol. The molecule has 0 bridgehead atoms. The normalized spacial score (nSPS) is 9.94. The molecule has 0 aliphatic heterocycles. The summed E-state index contributed by atoms with van der Waals surface area (Å²) >= 11 is 0. The van der Waals surface area contributed by atoms with Crippen molar-refractivity contribution < 1.29 is 9.53 Å². The maximum Gasteiger partial charge on any atom is 0.273 e. The minimum absolute atomic E-state index is 0.0830. The Morgan fingerprint density at radius 3 is 2.72 bits per heavy atom. The van der Waals surface area contributed by atoms with Crippen LogP contribution < -0.4 is 20.9 Å². The number of nitrogens with one attached hydrogen (secondary N) is 2. The van der Waals surface area contributed by atoms with Crippen LogP contribution in [-0.4, -0.2) is 31.3 Å². The van der Waals surface area contributed by atoms with Gasteiger partial charge >= 0.3 is 0 Å². The number of carbonyl (C=O) groups excluding carboxylic acids is 1. The third-order valence-electron chi connectivity index (χ3n) is 2.48. The molecule has 0 spiro atoms. The van der Waals surface area contributed by atoms with Crippen LogP contribution in [0.5, 0.6) is 5.75 Å². The summed E-state index contributed by atoms with van der Waals surface area (Å²) in [6, 6.07) is 1.37. The fourth-order valence-electron chi connectivity index (χ4n) is 1.49. The lowest BCUT2D eigenvalue weighted by Gasteiger charge is -2.15. The first kappa shape index (κ1) is 14.1. The number of nitrogens with zero attached hydrogens (tertiary/aromatic N) is 1. The average Bonchev–Trinajstić information content (AvgIpc) is 2.39. The van der Waals surface area contributed by atoms with Gasteiger partial charge in [-0.1, -0.05) is 13.3 Å². The first-order valence-corrected chi connectivity index (χ1v) is 5.94. The Labute approximate surface area is 106 Å². The summed E-state index contributed by atoms with van der Waals surface area (Å²) in [6.07, 6.45) is 3.29. The monoisotopic (exact) mass is 253 g/mol. The van der Waals surface area contributed by atoms with Gasteiger partial charge in [-0.2, -0.15) is 0 Å². The maximum absolute atomic E-state index is 11.8. The molecule has 0 fully saturated rings. The van der Waals surface area contributed by atoms with E-state index >= 15 is 0 Å². The van der Waals surface area contributed by atoms with Crippen molar-refractivity contribution in [2.75, 3.05) is 26.1 Å². The van der Waals surface area contributed by atoms with Crippen molar-refractivity contribution >= 4 is 5.91 Å². The minimum Gasteiger partial charge on any atom is -0.487 e. The first-order chi connectivity index (χ1) is 8.65. The largest absolute Gasteiger partial charge is 0.487 e. The van der Waals surface area contributed by atoms with Crippen molar-refractivity contribution in [2.24, 2.45) is 0 Å². The van der Waals surface area contributed by atoms with Crippen molar-refractivity contribution in [1.82, 2.24) is 9.99 Å². The molecule has 0 atom stereocenters. The Morgan fingerprint density at radius 1 is 1.44 bits per heavy atom. The van der Waals surface area contributed by atoms with Gasteiger partial charge < -0.3 is 15.5 Å². The molecule has 6 nitrogen and oxygen atoms in total. The lowest BCUT2D eigenvalue weighted by atomic mass is 10.3. The number of carbonyl (C=O) groups is 1. The minimum atomic E-state index is -0.367. The van der Waals surface area contributed by atoms with Crippen LogP contribution in [-0.2, 0) is 0 Å². The van der Waals surface area contributed by atoms with E-state index in [0.29, 0.717) is 6.61 Å². The Morgan fingerprint density at radius 2 is 2.17 bits per heavy atom. The molecule has 0 radical (unpaired) electrons. The number of amides is 1. The predicted molar refractivity (Wildman–Crippen MR) is 69.8 cm³/mol. The van der Waals surface area contributed by atoms with Gasteiger partial charge in [0, 0.05) is 26.4 Å². The number of hydrogen-bond donors (Lipinski definition) is 2. The third kappa shape index (κ3) is 3.03. The summed E-state index contributed by atoms with van der Waals surface area (Å²) in [4.78, 5) is 23.6. The number of ether oxygens (including phenoxy) is 1. The molecule has 0 unspecified atom stereocenters. The predicted octanol–water partition coefficient (Wildman–Crippen LogP) is 0.560. The Balaban J connectivity index is 3.18. The number of aromatic nitrogens is 1. The van der Waals surface area contributed by atoms with E-state index in [1.807, 2.05) is 6.92 Å². The van der Waals surface area contributed by atoms with E-state index in [4.69, 9.17) is 4.74 Å². The molecular formula is C12H19N3O3. The number of hydrogen-bond acceptors (Lipinski definition) is 4. The van der Waals surface area contributed by atoms with Crippen molar-refractivity contribution in [3.63, 3.8) is 0 Å². The summed E-state index contributed by atoms with van der Waals surface area (Å²) < 4.78 is 6.90. The van der Waals surface area contributed by atoms with Crippen LogP contribution in [0.4, 0.5) is 0 Å². The highest BCUT2D eigenvalue weighted by Crippen LogP contribution is 2.12. The van der Waals surface area contributed by atoms with Crippen molar-refractivity contribution in [3.8, 4) is 5.75 Å². The first-order valence-electron chi connectivity index (χ1n) is 5.94. The second-order valence-electron chi connectivity index (χ2n) is 3.73. The Hall–Kier alpha value is -1.98. The van der Waals surface area contributed by atoms with Gasteiger partial charge in [0.05, 0.1) is 6.61 Å². The van der Waals surface area contributed by atoms with Gasteiger partial charge in [-0.05, 0) is 6.42 Å². The molecule has 1 amide bonds. The lowest BCUT2D eigenvalue weighted by molar-refractivity contribution is 0.0949. The highest BCUT2D eigenvalue weighted by molar-refractivity contribution is 5.95. The fourth-order valence-corrected chi connectivity index (χ4v) is 1.49. The van der Waals surface area contributed by atoms with Crippen LogP contribution in [0.15, 0.2) is 17.1 Å². The topological polar surface area (TPSA) is 72.4 Å². The van der Waals surface area contributed by atoms with E-state index in [1.54, 1.807) is 7.05 Å². The van der Waals surface area contributed by atoms with Crippen LogP contribution in [0.3, 0.4) is 0 Å². The zero-order valence-corrected chi connectivity index (χ0v) is 10.9. The zero-order valence-electron chi connectivity index (χ0n) is 10.9. The van der Waals surface area contributed by atoms with Gasteiger partial charge in [-0.25, -0.2) is 0 Å². The molecule has 1 rings (SSSR count). The highest BCUT2D eigenvalue weighted by Gasteiger charge is 2.18. The van der Waals surface area contributed by atoms with E-state index in [-0.39, 0.29) is 22.8 Å². The van der Waals surface area contributed by atoms with Gasteiger partial charge in [-0.15, -0.1) is 0 Å². The summed E-state index contributed by atoms with van der Waals surface area (Å²) in [5, 5.41) is 2.50. The quantitative estimate of drug-likeness (QED) is 0.727. The molecule has 0 aliphatic rings. The molecule has 18 heavy (non-hydrogen) atoms. The van der Waals surface area contributed by atoms with Crippen LogP contribution in [0.25, 0.3) is 0 Å². The molecule has 1 aromatic rings. The molecule has 100 valence electrons. The van der Waals surface area contributed by atoms with E-state index < -0.39 is 0 Å². The summed E-state index contributed by atoms with van der Waals surface area (Å²) in [6.45, 7) is 2.45. The summed E-state index contributed by atoms with van der Waals surface area (Å²) in [5.74, 6) is -0.284. The van der Waals surface area contributed by atoms with Gasteiger partial charge in [0.25, 0.3) is 5.91 Å². The van der Waals surface area contributed by atoms with Crippen LogP contribution in [0.1, 0.15) is 30.3 Å². The molecule has 0 aliphatic carbocycles. The second-order valence-corrected chi connectivity index (χ2v) is 3.73. The van der Waals surface area contributed by atoms with E-state index in [9.17, 15) is 9.59 Å². The lowest BCUT2D eigenvalue weighted by Crippen LogP contribution is -2.30. The number of unbranched alkanes of at least 4 members (excludes halogenated alkanes) is 1. The standard InChI is InChI=1S/C12H19N3O3/c1-4-5-8-18-11-9(16)6-7-15(14-3)10(11)12(17)13-2/h6-7,14H,4-5,8H2,1-3H3,(H,13,17). The maximum atomic E-state index is 11.8. The molecule has 0 saturated heterocycles. The summed E-state index contributed by atoms with van der Waals surface area (Å²) in [7, 11) is 3.17. The van der Waals surface area contributed by atoms with Crippen LogP contribution in [0, 0.1) is 0 Å². The molecule has 2 N–H and O–H groups in total. The van der Waals surface area contributed by atoms with Gasteiger partial charge in [-0.3, -0.25) is 14.3 Å². The average molecular weight is 253 g/mol. The van der Waals surface area contributed by atoms with Crippen LogP contribution in [0.2, 0.25) is 0 Å². The van der Waals surface area contributed by atoms with Crippen LogP contribution >= 0.6 is 0 Å². The fraction of sp³-hybridized carbons (Fsp3) is 0.500. The van der Waals surface area contributed by atoms with Crippen molar-refractivity contribution in [3.05, 3.63) is 28.2 Å². The van der Waals surface area contributed by atoms with Gasteiger partial charge in [0.1, 0.15) is 0 Å². The van der Waals surface area contributed by atoms with Gasteiger partial charge in [0.15, 0.2) is 11.4 Å². The second kappa shape index (κ2) is 6.68. The number of pyridine rings is 1. The Kier molecular flexibility index (Phi) is 5.23. The molecule has 1 aromatic heterocycles. The molecule has 1 heterocycles. The smallest absolute Gasteiger partial charge is 0.273 e. The zero-order chi connectivity index (χ0) is 13.5. The molecule has 0 saturated carbocycles. The van der Waals surface area contributed by atoms with E-state index in [1.165, 1.54) is 24.0 Å². The van der Waals surface area contributed by atoms with Crippen molar-refractivity contribution in [1.29, 1.82) is 0 Å². The molecule has 6 heteroatoms. The van der Waals surface area contributed by atoms with E-state index in [0.717, 1.165) is 12.8 Å². The van der Waals surface area contributed by atoms with Gasteiger partial charge in [0.2, 0.25) is 5.43 Å². The SMILES string of the molecule is CCCCOc1c(C(=O)NC)n(NC)ccc1=O. The summed E-state index contributed by atoms with van der Waals surface area (Å²) in [5.41, 5.74) is 2.69. The highest BCUT2D eigenvalue weighted by atomic mass is 16.5. The Bertz CT molecular complexity index is 468. The molecule has 0 aromatic carbocycles. The third-order valence-corrected chi connectivity index (χ3v) is 2.48. The number of rotatable bonds is 6. The van der Waals surface area contributed by atoms with Crippen molar-refractivity contribution in [2.45, 2.75) is 19.8 Å². The van der Waals surface area contributed by atoms with E-state index in [2.05, 4.69) is 10.7 Å².